The molecule has 0 bridgehead atoms. The van der Waals surface area contributed by atoms with E-state index < -0.39 is 0 Å². The number of rotatable bonds is 4. The second-order valence-corrected chi connectivity index (χ2v) is 5.35. The third kappa shape index (κ3) is 3.09. The van der Waals surface area contributed by atoms with Crippen LogP contribution in [-0.2, 0) is 0 Å². The van der Waals surface area contributed by atoms with Gasteiger partial charge in [0.05, 0.1) is 18.0 Å². The van der Waals surface area contributed by atoms with E-state index in [9.17, 15) is 5.11 Å². The Morgan fingerprint density at radius 3 is 2.67 bits per heavy atom. The van der Waals surface area contributed by atoms with Crippen molar-refractivity contribution >= 4 is 23.0 Å². The second kappa shape index (κ2) is 6.30. The molecule has 18 heavy (non-hydrogen) atoms. The lowest BCUT2D eigenvalue weighted by Gasteiger charge is -2.36. The molecule has 0 amide bonds. The van der Waals surface area contributed by atoms with Crippen LogP contribution in [0.4, 0.5) is 11.4 Å². The molecule has 3 N–H and O–H groups in total. The van der Waals surface area contributed by atoms with Crippen LogP contribution in [-0.4, -0.2) is 24.3 Å². The number of anilines is 2. The number of halogens is 1. The highest BCUT2D eigenvalue weighted by Crippen LogP contribution is 2.32. The lowest BCUT2D eigenvalue weighted by atomic mass is 9.93. The topological polar surface area (TPSA) is 49.5 Å². The van der Waals surface area contributed by atoms with Gasteiger partial charge < -0.3 is 15.7 Å². The van der Waals surface area contributed by atoms with E-state index in [2.05, 4.69) is 4.90 Å². The van der Waals surface area contributed by atoms with Crippen LogP contribution < -0.4 is 10.6 Å². The summed E-state index contributed by atoms with van der Waals surface area (Å²) in [4.78, 5) is 2.22. The molecule has 1 aromatic carbocycles. The highest BCUT2D eigenvalue weighted by Gasteiger charge is 2.22. The van der Waals surface area contributed by atoms with Gasteiger partial charge in [-0.2, -0.15) is 0 Å². The van der Waals surface area contributed by atoms with Crippen LogP contribution in [0.25, 0.3) is 0 Å². The van der Waals surface area contributed by atoms with Crippen molar-refractivity contribution in [3.8, 4) is 0 Å². The Balaban J connectivity index is 2.24. The summed E-state index contributed by atoms with van der Waals surface area (Å²) < 4.78 is 0. The van der Waals surface area contributed by atoms with Crippen LogP contribution in [0.3, 0.4) is 0 Å². The first kappa shape index (κ1) is 13.5. The van der Waals surface area contributed by atoms with Crippen LogP contribution in [0.2, 0.25) is 5.02 Å². The predicted octanol–water partition coefficient (Wildman–Crippen LogP) is 3.05. The van der Waals surface area contributed by atoms with Crippen LogP contribution >= 0.6 is 11.6 Å². The fourth-order valence-electron chi connectivity index (χ4n) is 2.77. The average molecular weight is 269 g/mol. The van der Waals surface area contributed by atoms with E-state index in [1.54, 1.807) is 6.07 Å². The van der Waals surface area contributed by atoms with Gasteiger partial charge in [-0.3, -0.25) is 0 Å². The fourth-order valence-corrected chi connectivity index (χ4v) is 2.93. The monoisotopic (exact) mass is 268 g/mol. The van der Waals surface area contributed by atoms with Crippen molar-refractivity contribution in [1.29, 1.82) is 0 Å². The highest BCUT2D eigenvalue weighted by atomic mass is 35.5. The predicted molar refractivity (Wildman–Crippen MR) is 77.2 cm³/mol. The minimum Gasteiger partial charge on any atom is -0.397 e. The lowest BCUT2D eigenvalue weighted by molar-refractivity contribution is 0.290. The van der Waals surface area contributed by atoms with Gasteiger partial charge >= 0.3 is 0 Å². The normalized spacial score (nSPS) is 16.8. The average Bonchev–Trinajstić information content (AvgIpc) is 2.40. The van der Waals surface area contributed by atoms with Crippen molar-refractivity contribution in [3.63, 3.8) is 0 Å². The van der Waals surface area contributed by atoms with E-state index in [0.29, 0.717) is 17.6 Å². The van der Waals surface area contributed by atoms with E-state index in [1.807, 2.05) is 12.1 Å². The molecular weight excluding hydrogens is 248 g/mol. The van der Waals surface area contributed by atoms with E-state index in [4.69, 9.17) is 17.3 Å². The minimum atomic E-state index is 0.141. The standard InChI is InChI=1S/C14H21ClN2O/c15-11-6-7-13(16)14(10-11)17(8-9-18)12-4-2-1-3-5-12/h6-7,10,12,18H,1-5,8-9,16H2. The lowest BCUT2D eigenvalue weighted by Crippen LogP contribution is -2.39. The van der Waals surface area contributed by atoms with Gasteiger partial charge in [-0.15, -0.1) is 0 Å². The molecule has 1 saturated carbocycles. The number of hydrogen-bond donors (Lipinski definition) is 2. The number of aliphatic hydroxyl groups excluding tert-OH is 1. The third-order valence-corrected chi connectivity index (χ3v) is 3.89. The molecule has 1 aliphatic rings. The zero-order valence-corrected chi connectivity index (χ0v) is 11.4. The van der Waals surface area contributed by atoms with E-state index >= 15 is 0 Å². The van der Waals surface area contributed by atoms with E-state index in [1.165, 1.54) is 32.1 Å². The Hall–Kier alpha value is -0.930. The molecular formula is C14H21ClN2O. The quantitative estimate of drug-likeness (QED) is 0.825. The molecule has 4 heteroatoms. The zero-order valence-electron chi connectivity index (χ0n) is 10.6. The fraction of sp³-hybridized carbons (Fsp3) is 0.571. The first-order valence-electron chi connectivity index (χ1n) is 6.65. The summed E-state index contributed by atoms with van der Waals surface area (Å²) in [6, 6.07) is 6.02. The van der Waals surface area contributed by atoms with Gasteiger partial charge in [0.2, 0.25) is 0 Å². The Labute approximate surface area is 114 Å². The number of hydrogen-bond acceptors (Lipinski definition) is 3. The summed E-state index contributed by atoms with van der Waals surface area (Å²) in [5, 5.41) is 9.97. The number of nitrogen functional groups attached to an aromatic ring is 1. The van der Waals surface area contributed by atoms with Crippen molar-refractivity contribution in [3.05, 3.63) is 23.2 Å². The highest BCUT2D eigenvalue weighted by molar-refractivity contribution is 6.31. The van der Waals surface area contributed by atoms with Crippen LogP contribution in [0.5, 0.6) is 0 Å². The molecule has 0 heterocycles. The molecule has 3 nitrogen and oxygen atoms in total. The zero-order chi connectivity index (χ0) is 13.0. The van der Waals surface area contributed by atoms with Crippen molar-refractivity contribution in [2.75, 3.05) is 23.8 Å². The maximum Gasteiger partial charge on any atom is 0.0618 e. The minimum absolute atomic E-state index is 0.141. The number of nitrogens with two attached hydrogens (primary N) is 1. The molecule has 0 radical (unpaired) electrons. The van der Waals surface area contributed by atoms with Crippen molar-refractivity contribution in [2.45, 2.75) is 38.1 Å². The molecule has 0 aromatic heterocycles. The maximum absolute atomic E-state index is 9.27. The Kier molecular flexibility index (Phi) is 4.72. The van der Waals surface area contributed by atoms with Crippen molar-refractivity contribution in [2.24, 2.45) is 0 Å². The molecule has 0 atom stereocenters. The van der Waals surface area contributed by atoms with Gasteiger partial charge in [-0.05, 0) is 31.0 Å². The van der Waals surface area contributed by atoms with Crippen LogP contribution in [0.15, 0.2) is 18.2 Å². The number of nitrogens with zero attached hydrogens (tertiary/aromatic N) is 1. The molecule has 0 aliphatic heterocycles. The largest absolute Gasteiger partial charge is 0.397 e. The summed E-state index contributed by atoms with van der Waals surface area (Å²) in [5.41, 5.74) is 7.74. The summed E-state index contributed by atoms with van der Waals surface area (Å²) in [6.45, 7) is 0.762. The smallest absolute Gasteiger partial charge is 0.0618 e. The van der Waals surface area contributed by atoms with Gasteiger partial charge in [0.25, 0.3) is 0 Å². The molecule has 0 unspecified atom stereocenters. The first-order chi connectivity index (χ1) is 8.72. The maximum atomic E-state index is 9.27. The van der Waals surface area contributed by atoms with Gasteiger partial charge in [-0.25, -0.2) is 0 Å². The van der Waals surface area contributed by atoms with Gasteiger partial charge in [-0.1, -0.05) is 30.9 Å². The molecule has 1 fully saturated rings. The van der Waals surface area contributed by atoms with Gasteiger partial charge in [0, 0.05) is 17.6 Å². The molecule has 0 saturated heterocycles. The summed E-state index contributed by atoms with van der Waals surface area (Å²) >= 11 is 6.06. The third-order valence-electron chi connectivity index (χ3n) is 3.66. The van der Waals surface area contributed by atoms with Crippen molar-refractivity contribution < 1.29 is 5.11 Å². The van der Waals surface area contributed by atoms with Crippen LogP contribution in [0, 0.1) is 0 Å². The number of benzene rings is 1. The van der Waals surface area contributed by atoms with Gasteiger partial charge in [0.1, 0.15) is 0 Å². The molecule has 1 aromatic rings. The van der Waals surface area contributed by atoms with Crippen LogP contribution in [0.1, 0.15) is 32.1 Å². The molecule has 100 valence electrons. The van der Waals surface area contributed by atoms with E-state index in [0.717, 1.165) is 11.4 Å². The van der Waals surface area contributed by atoms with Crippen molar-refractivity contribution in [1.82, 2.24) is 0 Å². The SMILES string of the molecule is Nc1ccc(Cl)cc1N(CCO)C1CCCCC1. The summed E-state index contributed by atoms with van der Waals surface area (Å²) in [5.74, 6) is 0. The Morgan fingerprint density at radius 2 is 2.00 bits per heavy atom. The first-order valence-corrected chi connectivity index (χ1v) is 7.02. The van der Waals surface area contributed by atoms with E-state index in [-0.39, 0.29) is 6.61 Å². The second-order valence-electron chi connectivity index (χ2n) is 4.91. The molecule has 0 spiro atoms. The molecule has 1 aliphatic carbocycles. The summed E-state index contributed by atoms with van der Waals surface area (Å²) in [7, 11) is 0. The Morgan fingerprint density at radius 1 is 1.28 bits per heavy atom. The number of aliphatic hydroxyl groups is 1. The molecule has 2 rings (SSSR count). The summed E-state index contributed by atoms with van der Waals surface area (Å²) in [6.07, 6.45) is 6.17. The van der Waals surface area contributed by atoms with Gasteiger partial charge in [0.15, 0.2) is 0 Å². The Bertz CT molecular complexity index is 391.